The van der Waals surface area contributed by atoms with Gasteiger partial charge in [0.2, 0.25) is 0 Å². The van der Waals surface area contributed by atoms with Gasteiger partial charge in [0.25, 0.3) is 11.8 Å². The van der Waals surface area contributed by atoms with Gasteiger partial charge in [0.15, 0.2) is 0 Å². The Morgan fingerprint density at radius 3 is 1.78 bits per heavy atom. The van der Waals surface area contributed by atoms with E-state index >= 15 is 0 Å². The molecule has 0 bridgehead atoms. The standard InChI is InChI=1S/C15H10ClNO3S.C7H8ClNOS/c1-20-12-6-10(16)11(7-13(12)21)17-14(18)8-4-2-3-5-9(8)15(17)19;1-10-6-2-4(8)5(9)3-7(6)11/h2-7,21H,1H3;2-3,11H,9H2,1H3. The topological polar surface area (TPSA) is 81.9 Å². The summed E-state index contributed by atoms with van der Waals surface area (Å²) in [5.41, 5.74) is 7.06. The number of rotatable bonds is 3. The van der Waals surface area contributed by atoms with Crippen LogP contribution in [0.3, 0.4) is 0 Å². The first kappa shape index (κ1) is 24.1. The normalized spacial score (nSPS) is 12.2. The molecule has 0 aromatic heterocycles. The van der Waals surface area contributed by atoms with Crippen molar-refractivity contribution in [3.63, 3.8) is 0 Å². The van der Waals surface area contributed by atoms with E-state index in [0.29, 0.717) is 48.8 Å². The molecule has 2 amide bonds. The number of benzene rings is 3. The van der Waals surface area contributed by atoms with Gasteiger partial charge in [-0.2, -0.15) is 0 Å². The number of fused-ring (bicyclic) bond motifs is 1. The van der Waals surface area contributed by atoms with Gasteiger partial charge in [-0.05, 0) is 24.3 Å². The maximum Gasteiger partial charge on any atom is 0.266 e. The molecule has 0 atom stereocenters. The van der Waals surface area contributed by atoms with Crippen LogP contribution in [0.4, 0.5) is 11.4 Å². The number of imide groups is 1. The Balaban J connectivity index is 0.000000222. The number of nitrogens with two attached hydrogens (primary N) is 1. The summed E-state index contributed by atoms with van der Waals surface area (Å²) in [7, 11) is 3.05. The van der Waals surface area contributed by atoms with Gasteiger partial charge in [-0.15, -0.1) is 25.3 Å². The highest BCUT2D eigenvalue weighted by atomic mass is 35.5. The Morgan fingerprint density at radius 1 is 0.812 bits per heavy atom. The van der Waals surface area contributed by atoms with E-state index in [0.717, 1.165) is 4.90 Å². The molecule has 2 N–H and O–H groups in total. The third-order valence-electron chi connectivity index (χ3n) is 4.58. The van der Waals surface area contributed by atoms with Crippen molar-refractivity contribution in [2.24, 2.45) is 0 Å². The van der Waals surface area contributed by atoms with Crippen molar-refractivity contribution in [3.8, 4) is 11.5 Å². The Hall–Kier alpha value is -2.52. The van der Waals surface area contributed by atoms with E-state index < -0.39 is 11.8 Å². The second kappa shape index (κ2) is 9.95. The lowest BCUT2D eigenvalue weighted by Crippen LogP contribution is -2.29. The number of amides is 2. The number of methoxy groups -OCH3 is 2. The minimum absolute atomic E-state index is 0.249. The first-order valence-corrected chi connectivity index (χ1v) is 10.7. The Kier molecular flexibility index (Phi) is 7.51. The molecule has 0 fully saturated rings. The summed E-state index contributed by atoms with van der Waals surface area (Å²) in [6.07, 6.45) is 0. The molecular formula is C22H18Cl2N2O4S2. The van der Waals surface area contributed by atoms with Crippen molar-refractivity contribution >= 4 is 71.6 Å². The van der Waals surface area contributed by atoms with Crippen LogP contribution in [0.2, 0.25) is 10.0 Å². The fourth-order valence-corrected chi connectivity index (χ4v) is 3.96. The monoisotopic (exact) mass is 508 g/mol. The highest BCUT2D eigenvalue weighted by Gasteiger charge is 2.37. The molecule has 0 saturated carbocycles. The zero-order chi connectivity index (χ0) is 23.6. The Morgan fingerprint density at radius 2 is 1.28 bits per heavy atom. The van der Waals surface area contributed by atoms with E-state index in [2.05, 4.69) is 25.3 Å². The van der Waals surface area contributed by atoms with Gasteiger partial charge in [-0.3, -0.25) is 9.59 Å². The van der Waals surface area contributed by atoms with Crippen LogP contribution < -0.4 is 20.1 Å². The molecule has 6 nitrogen and oxygen atoms in total. The van der Waals surface area contributed by atoms with Gasteiger partial charge < -0.3 is 15.2 Å². The van der Waals surface area contributed by atoms with Crippen molar-refractivity contribution in [1.29, 1.82) is 0 Å². The molecule has 1 heterocycles. The molecule has 3 aromatic rings. The average Bonchev–Trinajstić information content (AvgIpc) is 3.03. The van der Waals surface area contributed by atoms with Gasteiger partial charge in [0, 0.05) is 21.9 Å². The molecule has 0 radical (unpaired) electrons. The third-order valence-corrected chi connectivity index (χ3v) is 5.91. The molecule has 10 heteroatoms. The van der Waals surface area contributed by atoms with Crippen LogP contribution in [0.15, 0.2) is 58.3 Å². The van der Waals surface area contributed by atoms with E-state index in [1.165, 1.54) is 13.2 Å². The van der Waals surface area contributed by atoms with Crippen molar-refractivity contribution in [2.75, 3.05) is 24.9 Å². The summed E-state index contributed by atoms with van der Waals surface area (Å²) in [6, 6.07) is 13.0. The van der Waals surface area contributed by atoms with E-state index in [4.69, 9.17) is 38.4 Å². The van der Waals surface area contributed by atoms with Crippen LogP contribution in [0.5, 0.6) is 11.5 Å². The number of hydrogen-bond donors (Lipinski definition) is 3. The summed E-state index contributed by atoms with van der Waals surface area (Å²) in [6.45, 7) is 0. The van der Waals surface area contributed by atoms with E-state index in [9.17, 15) is 9.59 Å². The average molecular weight is 509 g/mol. The van der Waals surface area contributed by atoms with Crippen LogP contribution >= 0.6 is 48.5 Å². The summed E-state index contributed by atoms with van der Waals surface area (Å²) < 4.78 is 10.1. The van der Waals surface area contributed by atoms with Gasteiger partial charge in [0.1, 0.15) is 11.5 Å². The smallest absolute Gasteiger partial charge is 0.266 e. The first-order valence-electron chi connectivity index (χ1n) is 9.05. The SMILES string of the molecule is COc1cc(Cl)c(N)cc1S.COc1cc(Cl)c(N2C(=O)c3ccccc3C2=O)cc1S. The molecule has 166 valence electrons. The third kappa shape index (κ3) is 4.63. The Bertz CT molecular complexity index is 1190. The number of carbonyl (C=O) groups excluding carboxylic acids is 2. The van der Waals surface area contributed by atoms with Crippen molar-refractivity contribution in [1.82, 2.24) is 0 Å². The van der Waals surface area contributed by atoms with Crippen LogP contribution in [0.1, 0.15) is 20.7 Å². The van der Waals surface area contributed by atoms with Gasteiger partial charge >= 0.3 is 0 Å². The number of thiol groups is 2. The lowest BCUT2D eigenvalue weighted by atomic mass is 10.1. The fourth-order valence-electron chi connectivity index (χ4n) is 3.00. The summed E-state index contributed by atoms with van der Waals surface area (Å²) >= 11 is 20.3. The number of hydrogen-bond acceptors (Lipinski definition) is 7. The number of halogens is 2. The van der Waals surface area contributed by atoms with Crippen molar-refractivity contribution in [3.05, 3.63) is 69.7 Å². The zero-order valence-corrected chi connectivity index (χ0v) is 20.2. The van der Waals surface area contributed by atoms with Crippen molar-refractivity contribution < 1.29 is 19.1 Å². The number of nitrogens with zero attached hydrogens (tertiary/aromatic N) is 1. The highest BCUT2D eigenvalue weighted by Crippen LogP contribution is 2.38. The molecule has 0 saturated heterocycles. The summed E-state index contributed by atoms with van der Waals surface area (Å²) in [5, 5.41) is 0.735. The highest BCUT2D eigenvalue weighted by molar-refractivity contribution is 7.80. The van der Waals surface area contributed by atoms with Crippen molar-refractivity contribution in [2.45, 2.75) is 9.79 Å². The fraction of sp³-hybridized carbons (Fsp3) is 0.0909. The molecular weight excluding hydrogens is 491 g/mol. The summed E-state index contributed by atoms with van der Waals surface area (Å²) in [4.78, 5) is 27.1. The lowest BCUT2D eigenvalue weighted by Gasteiger charge is -2.17. The minimum Gasteiger partial charge on any atom is -0.496 e. The molecule has 1 aliphatic rings. The van der Waals surface area contributed by atoms with Crippen LogP contribution in [-0.4, -0.2) is 26.0 Å². The number of carbonyl (C=O) groups is 2. The molecule has 32 heavy (non-hydrogen) atoms. The molecule has 1 aliphatic heterocycles. The molecule has 0 unspecified atom stereocenters. The van der Waals surface area contributed by atoms with Gasteiger partial charge in [-0.1, -0.05) is 35.3 Å². The number of ether oxygens (including phenoxy) is 2. The Labute approximate surface area is 206 Å². The largest absolute Gasteiger partial charge is 0.496 e. The minimum atomic E-state index is -0.393. The maximum atomic E-state index is 12.4. The zero-order valence-electron chi connectivity index (χ0n) is 16.9. The van der Waals surface area contributed by atoms with E-state index in [-0.39, 0.29) is 5.02 Å². The van der Waals surface area contributed by atoms with Gasteiger partial charge in [0.05, 0.1) is 46.8 Å². The van der Waals surface area contributed by atoms with E-state index in [1.807, 2.05) is 0 Å². The van der Waals surface area contributed by atoms with Crippen LogP contribution in [-0.2, 0) is 0 Å². The molecule has 4 rings (SSSR count). The maximum absolute atomic E-state index is 12.4. The predicted octanol–water partition coefficient (Wildman–Crippen LogP) is 5.66. The van der Waals surface area contributed by atoms with Crippen LogP contribution in [0, 0.1) is 0 Å². The number of anilines is 2. The quantitative estimate of drug-likeness (QED) is 0.241. The molecule has 0 spiro atoms. The summed E-state index contributed by atoms with van der Waals surface area (Å²) in [5.74, 6) is 0.321. The second-order valence-corrected chi connectivity index (χ2v) is 8.29. The van der Waals surface area contributed by atoms with Gasteiger partial charge in [-0.25, -0.2) is 4.90 Å². The van der Waals surface area contributed by atoms with E-state index in [1.54, 1.807) is 49.6 Å². The lowest BCUT2D eigenvalue weighted by molar-refractivity contribution is 0.0926. The van der Waals surface area contributed by atoms with Crippen LogP contribution in [0.25, 0.3) is 0 Å². The molecule has 3 aromatic carbocycles. The predicted molar refractivity (Wildman–Crippen MR) is 133 cm³/mol. The number of nitrogen functional groups attached to an aromatic ring is 1. The first-order chi connectivity index (χ1) is 15.2. The second-order valence-electron chi connectivity index (χ2n) is 6.51. The molecule has 0 aliphatic carbocycles.